The Morgan fingerprint density at radius 1 is 1.31 bits per heavy atom. The highest BCUT2D eigenvalue weighted by molar-refractivity contribution is 5.42. The Kier molecular flexibility index (Phi) is 2.32. The lowest BCUT2D eigenvalue weighted by Gasteiger charge is -2.11. The standard InChI is InChI=1S/C7H4F5N/c1-3-5(7(10,11)12)4(2-13-3)6(8)9/h6H,1H3. The normalized spacial score (nSPS) is 17.9. The number of hydrogen-bond acceptors (Lipinski definition) is 0. The summed E-state index contributed by atoms with van der Waals surface area (Å²) in [6.45, 7) is 1.02. The van der Waals surface area contributed by atoms with Gasteiger partial charge in [-0.05, 0) is 6.92 Å². The molecule has 1 aliphatic heterocycles. The van der Waals surface area contributed by atoms with Crippen LogP contribution in [0.2, 0.25) is 0 Å². The van der Waals surface area contributed by atoms with E-state index in [1.807, 2.05) is 0 Å². The van der Waals surface area contributed by atoms with E-state index in [1.54, 1.807) is 6.20 Å². The molecule has 1 rings (SSSR count). The second kappa shape index (κ2) is 3.01. The van der Waals surface area contributed by atoms with Gasteiger partial charge in [-0.3, -0.25) is 5.32 Å². The van der Waals surface area contributed by atoms with Gasteiger partial charge in [-0.1, -0.05) is 0 Å². The molecule has 6 heteroatoms. The van der Waals surface area contributed by atoms with Crippen LogP contribution in [0.5, 0.6) is 0 Å². The molecule has 1 nitrogen and oxygen atoms in total. The number of allylic oxidation sites excluding steroid dienone is 3. The number of halogens is 5. The van der Waals surface area contributed by atoms with E-state index in [0.29, 0.717) is 0 Å². The summed E-state index contributed by atoms with van der Waals surface area (Å²) < 4.78 is 60.3. The van der Waals surface area contributed by atoms with Gasteiger partial charge < -0.3 is 0 Å². The highest BCUT2D eigenvalue weighted by atomic mass is 19.4. The zero-order valence-electron chi connectivity index (χ0n) is 6.41. The molecule has 0 unspecified atom stereocenters. The molecule has 72 valence electrons. The summed E-state index contributed by atoms with van der Waals surface area (Å²) in [5, 5.41) is 3.08. The van der Waals surface area contributed by atoms with Crippen LogP contribution in [0.1, 0.15) is 6.92 Å². The first-order chi connectivity index (χ1) is 5.84. The van der Waals surface area contributed by atoms with Crippen molar-refractivity contribution in [3.05, 3.63) is 23.0 Å². The third-order valence-corrected chi connectivity index (χ3v) is 1.48. The van der Waals surface area contributed by atoms with E-state index in [9.17, 15) is 22.0 Å². The van der Waals surface area contributed by atoms with Gasteiger partial charge in [0, 0.05) is 0 Å². The van der Waals surface area contributed by atoms with E-state index in [-0.39, 0.29) is 0 Å². The largest absolute Gasteiger partial charge is 0.418 e. The van der Waals surface area contributed by atoms with E-state index in [0.717, 1.165) is 6.92 Å². The van der Waals surface area contributed by atoms with Gasteiger partial charge in [0.05, 0.1) is 23.0 Å². The van der Waals surface area contributed by atoms with Crippen LogP contribution in [-0.2, 0) is 0 Å². The van der Waals surface area contributed by atoms with Crippen molar-refractivity contribution in [2.75, 3.05) is 0 Å². The molecule has 0 spiro atoms. The van der Waals surface area contributed by atoms with Crippen LogP contribution in [0, 0.1) is 6.20 Å². The monoisotopic (exact) mass is 197 g/mol. The van der Waals surface area contributed by atoms with Gasteiger partial charge in [0.25, 0.3) is 6.43 Å². The van der Waals surface area contributed by atoms with Crippen molar-refractivity contribution in [3.63, 3.8) is 0 Å². The lowest BCUT2D eigenvalue weighted by atomic mass is 10.1. The molecule has 1 heterocycles. The zero-order valence-corrected chi connectivity index (χ0v) is 6.41. The molecule has 2 radical (unpaired) electrons. The molecule has 0 atom stereocenters. The average Bonchev–Trinajstić information content (AvgIpc) is 2.28. The van der Waals surface area contributed by atoms with Crippen molar-refractivity contribution in [2.24, 2.45) is 0 Å². The summed E-state index contributed by atoms with van der Waals surface area (Å²) in [7, 11) is 0. The predicted octanol–water partition coefficient (Wildman–Crippen LogP) is 2.39. The molecule has 0 aliphatic carbocycles. The number of rotatable bonds is 1. The fraction of sp³-hybridized carbons (Fsp3) is 0.429. The third-order valence-electron chi connectivity index (χ3n) is 1.48. The fourth-order valence-electron chi connectivity index (χ4n) is 0.967. The van der Waals surface area contributed by atoms with Crippen molar-refractivity contribution < 1.29 is 22.0 Å². The van der Waals surface area contributed by atoms with E-state index >= 15 is 0 Å². The highest BCUT2D eigenvalue weighted by Crippen LogP contribution is 2.38. The maximum atomic E-state index is 12.1. The lowest BCUT2D eigenvalue weighted by Crippen LogP contribution is -2.17. The first-order valence-electron chi connectivity index (χ1n) is 3.24. The van der Waals surface area contributed by atoms with Crippen LogP contribution >= 0.6 is 0 Å². The molecule has 13 heavy (non-hydrogen) atoms. The fourth-order valence-corrected chi connectivity index (χ4v) is 0.967. The summed E-state index contributed by atoms with van der Waals surface area (Å²) in [6.07, 6.45) is -6.33. The van der Waals surface area contributed by atoms with Crippen LogP contribution in [0.3, 0.4) is 0 Å². The second-order valence-corrected chi connectivity index (χ2v) is 2.40. The average molecular weight is 197 g/mol. The molecule has 0 aromatic heterocycles. The minimum Gasteiger partial charge on any atom is -0.250 e. The molecular weight excluding hydrogens is 193 g/mol. The lowest BCUT2D eigenvalue weighted by molar-refractivity contribution is -0.0918. The molecule has 0 saturated heterocycles. The quantitative estimate of drug-likeness (QED) is 0.573. The molecule has 0 aromatic carbocycles. The molecule has 0 N–H and O–H groups in total. The molecule has 0 bridgehead atoms. The second-order valence-electron chi connectivity index (χ2n) is 2.40. The van der Waals surface area contributed by atoms with Gasteiger partial charge in [0.1, 0.15) is 0 Å². The highest BCUT2D eigenvalue weighted by Gasteiger charge is 2.43. The van der Waals surface area contributed by atoms with Gasteiger partial charge in [-0.25, -0.2) is 8.78 Å². The minimum absolute atomic E-state index is 0.470. The molecule has 0 aromatic rings. The van der Waals surface area contributed by atoms with Crippen molar-refractivity contribution in [3.8, 4) is 0 Å². The SMILES string of the molecule is CC1=C(C(F)(F)F)C(C(F)F)=[C][N]1. The zero-order chi connectivity index (χ0) is 10.2. The first-order valence-corrected chi connectivity index (χ1v) is 3.24. The van der Waals surface area contributed by atoms with Gasteiger partial charge >= 0.3 is 6.18 Å². The summed E-state index contributed by atoms with van der Waals surface area (Å²) in [5.74, 6) is 0. The first kappa shape index (κ1) is 10.0. The van der Waals surface area contributed by atoms with E-state index in [1.165, 1.54) is 0 Å². The summed E-state index contributed by atoms with van der Waals surface area (Å²) in [4.78, 5) is 0. The third kappa shape index (κ3) is 1.81. The number of hydrogen-bond donors (Lipinski definition) is 0. The molecule has 0 saturated carbocycles. The van der Waals surface area contributed by atoms with E-state index < -0.39 is 29.4 Å². The Morgan fingerprint density at radius 3 is 2.15 bits per heavy atom. The van der Waals surface area contributed by atoms with E-state index in [2.05, 4.69) is 5.32 Å². The van der Waals surface area contributed by atoms with Gasteiger partial charge in [-0.2, -0.15) is 13.2 Å². The van der Waals surface area contributed by atoms with Crippen LogP contribution in [0.15, 0.2) is 16.8 Å². The Hall–Kier alpha value is -1.07. The molecule has 0 fully saturated rings. The van der Waals surface area contributed by atoms with Gasteiger partial charge in [0.2, 0.25) is 0 Å². The Labute approximate surface area is 70.9 Å². The molecule has 1 aliphatic rings. The van der Waals surface area contributed by atoms with Gasteiger partial charge in [-0.15, -0.1) is 0 Å². The number of alkyl halides is 5. The van der Waals surface area contributed by atoms with Crippen molar-refractivity contribution >= 4 is 0 Å². The van der Waals surface area contributed by atoms with Crippen LogP contribution in [-0.4, -0.2) is 12.6 Å². The van der Waals surface area contributed by atoms with Crippen molar-refractivity contribution in [1.29, 1.82) is 0 Å². The van der Waals surface area contributed by atoms with Crippen molar-refractivity contribution in [1.82, 2.24) is 5.32 Å². The van der Waals surface area contributed by atoms with Crippen LogP contribution in [0.25, 0.3) is 0 Å². The molecular formula is C7H4F5N. The van der Waals surface area contributed by atoms with Crippen molar-refractivity contribution in [2.45, 2.75) is 19.5 Å². The Morgan fingerprint density at radius 2 is 1.85 bits per heavy atom. The summed E-state index contributed by atoms with van der Waals surface area (Å²) >= 11 is 0. The maximum absolute atomic E-state index is 12.1. The van der Waals surface area contributed by atoms with Crippen LogP contribution < -0.4 is 5.32 Å². The Balaban J connectivity index is 3.06. The minimum atomic E-state index is -4.79. The van der Waals surface area contributed by atoms with E-state index in [4.69, 9.17) is 0 Å². The number of nitrogens with zero attached hydrogens (tertiary/aromatic N) is 1. The topological polar surface area (TPSA) is 14.1 Å². The van der Waals surface area contributed by atoms with Crippen LogP contribution in [0.4, 0.5) is 22.0 Å². The predicted molar refractivity (Wildman–Crippen MR) is 33.6 cm³/mol. The Bertz CT molecular complexity index is 273. The summed E-state index contributed by atoms with van der Waals surface area (Å²) in [6, 6.07) is 0. The smallest absolute Gasteiger partial charge is 0.250 e. The van der Waals surface area contributed by atoms with Gasteiger partial charge in [0.15, 0.2) is 0 Å². The maximum Gasteiger partial charge on any atom is 0.418 e. The molecule has 0 amide bonds. The summed E-state index contributed by atoms with van der Waals surface area (Å²) in [5.41, 5.74) is -3.02.